The van der Waals surface area contributed by atoms with E-state index in [-0.39, 0.29) is 27.9 Å². The number of aromatic amines is 1. The summed E-state index contributed by atoms with van der Waals surface area (Å²) in [5.41, 5.74) is -0.0219. The second kappa shape index (κ2) is 9.18. The maximum absolute atomic E-state index is 15.0. The summed E-state index contributed by atoms with van der Waals surface area (Å²) in [5.74, 6) is -4.34. The summed E-state index contributed by atoms with van der Waals surface area (Å²) in [7, 11) is 0. The molecule has 7 nitrogen and oxygen atoms in total. The SMILES string of the molecule is C[C@@H](NC(=O)C1CCCN1c1nc2c(=O)[nH]c(C(F)(F)c3ccccc3)nc2s1)c1ccccc1. The van der Waals surface area contributed by atoms with Crippen molar-refractivity contribution in [2.75, 3.05) is 11.4 Å². The molecule has 0 bridgehead atoms. The molecule has 10 heteroatoms. The number of rotatable bonds is 6. The van der Waals surface area contributed by atoms with Crippen molar-refractivity contribution in [3.8, 4) is 0 Å². The van der Waals surface area contributed by atoms with E-state index in [0.29, 0.717) is 18.1 Å². The number of hydrogen-bond donors (Lipinski definition) is 2. The Bertz CT molecular complexity index is 1410. The summed E-state index contributed by atoms with van der Waals surface area (Å²) in [6.45, 7) is 2.49. The molecule has 0 spiro atoms. The molecule has 1 fully saturated rings. The van der Waals surface area contributed by atoms with Crippen LogP contribution in [0.1, 0.15) is 42.8 Å². The van der Waals surface area contributed by atoms with Crippen molar-refractivity contribution >= 4 is 32.7 Å². The van der Waals surface area contributed by atoms with Crippen molar-refractivity contribution in [2.45, 2.75) is 37.8 Å². The average molecular weight is 496 g/mol. The quantitative estimate of drug-likeness (QED) is 0.415. The molecule has 2 N–H and O–H groups in total. The van der Waals surface area contributed by atoms with E-state index in [4.69, 9.17) is 0 Å². The van der Waals surface area contributed by atoms with Gasteiger partial charge in [-0.25, -0.2) is 9.97 Å². The lowest BCUT2D eigenvalue weighted by atomic mass is 10.1. The van der Waals surface area contributed by atoms with Crippen LogP contribution in [-0.2, 0) is 10.7 Å². The monoisotopic (exact) mass is 495 g/mol. The lowest BCUT2D eigenvalue weighted by molar-refractivity contribution is -0.122. The van der Waals surface area contributed by atoms with Gasteiger partial charge in [0.15, 0.2) is 21.3 Å². The van der Waals surface area contributed by atoms with Crippen LogP contribution in [0.4, 0.5) is 13.9 Å². The molecular weight excluding hydrogens is 472 g/mol. The van der Waals surface area contributed by atoms with Gasteiger partial charge in [-0.05, 0) is 25.3 Å². The molecule has 1 unspecified atom stereocenters. The van der Waals surface area contributed by atoms with E-state index in [0.717, 1.165) is 23.3 Å². The minimum Gasteiger partial charge on any atom is -0.348 e. The van der Waals surface area contributed by atoms with Crippen LogP contribution in [0.25, 0.3) is 10.3 Å². The number of nitrogens with zero attached hydrogens (tertiary/aromatic N) is 3. The van der Waals surface area contributed by atoms with Crippen molar-refractivity contribution < 1.29 is 13.6 Å². The Morgan fingerprint density at radius 1 is 1.14 bits per heavy atom. The van der Waals surface area contributed by atoms with Crippen molar-refractivity contribution in [3.63, 3.8) is 0 Å². The first-order valence-electron chi connectivity index (χ1n) is 11.3. The number of alkyl halides is 2. The first-order valence-corrected chi connectivity index (χ1v) is 12.1. The number of fused-ring (bicyclic) bond motifs is 1. The molecule has 180 valence electrons. The summed E-state index contributed by atoms with van der Waals surface area (Å²) in [6, 6.07) is 16.2. The zero-order chi connectivity index (χ0) is 24.6. The number of nitrogens with one attached hydrogen (secondary N) is 2. The van der Waals surface area contributed by atoms with Gasteiger partial charge >= 0.3 is 5.92 Å². The predicted octanol–water partition coefficient (Wildman–Crippen LogP) is 4.37. The molecule has 1 aliphatic heterocycles. The second-order valence-electron chi connectivity index (χ2n) is 8.50. The van der Waals surface area contributed by atoms with E-state index in [9.17, 15) is 9.59 Å². The van der Waals surface area contributed by atoms with Crippen LogP contribution < -0.4 is 15.8 Å². The highest BCUT2D eigenvalue weighted by Gasteiger charge is 2.38. The third kappa shape index (κ3) is 4.41. The first kappa shape index (κ1) is 23.1. The molecular formula is C25H23F2N5O2S. The smallest absolute Gasteiger partial charge is 0.330 e. The van der Waals surface area contributed by atoms with E-state index in [1.807, 2.05) is 42.2 Å². The fourth-order valence-corrected chi connectivity index (χ4v) is 5.30. The fraction of sp³-hybridized carbons (Fsp3) is 0.280. The molecule has 35 heavy (non-hydrogen) atoms. The molecule has 2 aromatic carbocycles. The predicted molar refractivity (Wildman–Crippen MR) is 131 cm³/mol. The Morgan fingerprint density at radius 2 is 1.83 bits per heavy atom. The first-order chi connectivity index (χ1) is 16.8. The number of hydrogen-bond acceptors (Lipinski definition) is 6. The normalized spacial score (nSPS) is 17.0. The van der Waals surface area contributed by atoms with Crippen LogP contribution in [0.15, 0.2) is 65.5 Å². The molecule has 4 aromatic rings. The van der Waals surface area contributed by atoms with Crippen molar-refractivity contribution in [1.82, 2.24) is 20.3 Å². The Balaban J connectivity index is 1.42. The number of H-pyrrole nitrogens is 1. The summed E-state index contributed by atoms with van der Waals surface area (Å²) >= 11 is 1.04. The number of carbonyl (C=O) groups is 1. The molecule has 1 aliphatic rings. The zero-order valence-electron chi connectivity index (χ0n) is 18.9. The Hall–Kier alpha value is -3.66. The van der Waals surface area contributed by atoms with E-state index >= 15 is 8.78 Å². The largest absolute Gasteiger partial charge is 0.348 e. The molecule has 5 rings (SSSR count). The summed E-state index contributed by atoms with van der Waals surface area (Å²) in [4.78, 5) is 38.3. The van der Waals surface area contributed by atoms with E-state index in [1.165, 1.54) is 24.3 Å². The van der Waals surface area contributed by atoms with Crippen LogP contribution in [0.2, 0.25) is 0 Å². The lowest BCUT2D eigenvalue weighted by Gasteiger charge is -2.25. The van der Waals surface area contributed by atoms with Crippen LogP contribution in [0, 0.1) is 0 Å². The molecule has 1 saturated heterocycles. The van der Waals surface area contributed by atoms with Gasteiger partial charge in [0.05, 0.1) is 6.04 Å². The number of aromatic nitrogens is 3. The molecule has 3 heterocycles. The summed E-state index contributed by atoms with van der Waals surface area (Å²) in [5, 5.41) is 3.46. The highest BCUT2D eigenvalue weighted by Crippen LogP contribution is 2.36. The molecule has 2 aromatic heterocycles. The van der Waals surface area contributed by atoms with Gasteiger partial charge in [0, 0.05) is 12.1 Å². The third-order valence-corrected chi connectivity index (χ3v) is 7.14. The minimum absolute atomic E-state index is 0.0127. The average Bonchev–Trinajstić information content (AvgIpc) is 3.52. The molecule has 0 saturated carbocycles. The molecule has 1 amide bonds. The van der Waals surface area contributed by atoms with Crippen LogP contribution >= 0.6 is 11.3 Å². The highest BCUT2D eigenvalue weighted by atomic mass is 32.1. The van der Waals surface area contributed by atoms with E-state index in [1.54, 1.807) is 6.07 Å². The maximum Gasteiger partial charge on any atom is 0.330 e. The van der Waals surface area contributed by atoms with Gasteiger partial charge in [0.25, 0.3) is 5.56 Å². The second-order valence-corrected chi connectivity index (χ2v) is 9.45. The number of thiazole rings is 1. The number of halogens is 2. The number of benzene rings is 2. The lowest BCUT2D eigenvalue weighted by Crippen LogP contribution is -2.44. The number of carbonyl (C=O) groups excluding carboxylic acids is 1. The molecule has 0 aliphatic carbocycles. The number of amides is 1. The highest BCUT2D eigenvalue weighted by molar-refractivity contribution is 7.21. The van der Waals surface area contributed by atoms with Gasteiger partial charge in [0.1, 0.15) is 6.04 Å². The topological polar surface area (TPSA) is 91.0 Å². The van der Waals surface area contributed by atoms with Crippen molar-refractivity contribution in [2.24, 2.45) is 0 Å². The van der Waals surface area contributed by atoms with Crippen molar-refractivity contribution in [3.05, 3.63) is 88.0 Å². The zero-order valence-corrected chi connectivity index (χ0v) is 19.7. The van der Waals surface area contributed by atoms with Gasteiger partial charge in [0.2, 0.25) is 5.91 Å². The van der Waals surface area contributed by atoms with Crippen LogP contribution in [0.5, 0.6) is 0 Å². The van der Waals surface area contributed by atoms with Crippen LogP contribution in [-0.4, -0.2) is 33.4 Å². The van der Waals surface area contributed by atoms with Crippen molar-refractivity contribution in [1.29, 1.82) is 0 Å². The number of anilines is 1. The minimum atomic E-state index is -3.47. The van der Waals surface area contributed by atoms with Crippen LogP contribution in [0.3, 0.4) is 0 Å². The standard InChI is InChI=1S/C25H23F2N5O2S/c1-15(16-9-4-2-5-10-16)28-20(33)18-13-8-14-32(18)24-29-19-21(34)30-23(31-22(19)35-24)25(26,27)17-11-6-3-7-12-17/h2-7,9-12,15,18H,8,13-14H2,1H3,(H,28,33)(H,30,31,34)/t15-,18?/m1/s1. The molecule has 2 atom stereocenters. The maximum atomic E-state index is 15.0. The fourth-order valence-electron chi connectivity index (χ4n) is 4.28. The van der Waals surface area contributed by atoms with E-state index in [2.05, 4.69) is 20.3 Å². The van der Waals surface area contributed by atoms with E-state index < -0.39 is 23.3 Å². The van der Waals surface area contributed by atoms with Gasteiger partial charge in [-0.1, -0.05) is 72.0 Å². The van der Waals surface area contributed by atoms with Gasteiger partial charge < -0.3 is 15.2 Å². The third-order valence-electron chi connectivity index (χ3n) is 6.15. The Morgan fingerprint density at radius 3 is 2.54 bits per heavy atom. The van der Waals surface area contributed by atoms with Gasteiger partial charge in [-0.3, -0.25) is 9.59 Å². The van der Waals surface area contributed by atoms with Gasteiger partial charge in [-0.2, -0.15) is 8.78 Å². The Kier molecular flexibility index (Phi) is 6.06. The Labute approximate surface area is 203 Å². The summed E-state index contributed by atoms with van der Waals surface area (Å²) < 4.78 is 30.0. The summed E-state index contributed by atoms with van der Waals surface area (Å²) in [6.07, 6.45) is 1.40. The van der Waals surface area contributed by atoms with Gasteiger partial charge in [-0.15, -0.1) is 0 Å². The molecule has 0 radical (unpaired) electrons.